The molecule has 1 fully saturated rings. The van der Waals surface area contributed by atoms with Gasteiger partial charge in [-0.1, -0.05) is 55.7 Å². The van der Waals surface area contributed by atoms with Gasteiger partial charge in [-0.25, -0.2) is 4.39 Å². The maximum Gasteiger partial charge on any atom is 0.247 e. The van der Waals surface area contributed by atoms with Gasteiger partial charge in [-0.15, -0.1) is 10.2 Å². The number of hydrogen-bond acceptors (Lipinski definition) is 4. The standard InChI is InChI=1S/C21H22FN3O/c22-18-14-8-7-13-17(18)19(23-16-11-5-2-6-12-16)21-25-24-20(26-21)15-9-3-1-4-10-15/h1,3-4,7-10,13-14,16,19,23H,2,5-6,11-12H2/t19-/m0/s1. The molecule has 1 heterocycles. The second kappa shape index (κ2) is 7.79. The first-order chi connectivity index (χ1) is 12.8. The summed E-state index contributed by atoms with van der Waals surface area (Å²) in [5.74, 6) is 0.590. The Kier molecular flexibility index (Phi) is 5.07. The molecule has 0 aliphatic heterocycles. The molecule has 1 atom stereocenters. The van der Waals surface area contributed by atoms with Crippen LogP contribution in [0.1, 0.15) is 49.6 Å². The van der Waals surface area contributed by atoms with Crippen molar-refractivity contribution in [3.63, 3.8) is 0 Å². The Balaban J connectivity index is 1.66. The number of hydrogen-bond donors (Lipinski definition) is 1. The zero-order valence-electron chi connectivity index (χ0n) is 14.6. The first-order valence-electron chi connectivity index (χ1n) is 9.20. The molecular weight excluding hydrogens is 329 g/mol. The summed E-state index contributed by atoms with van der Waals surface area (Å²) in [6.45, 7) is 0. The number of benzene rings is 2. The van der Waals surface area contributed by atoms with Crippen LogP contribution in [0.25, 0.3) is 11.5 Å². The van der Waals surface area contributed by atoms with E-state index in [-0.39, 0.29) is 5.82 Å². The number of halogens is 1. The van der Waals surface area contributed by atoms with Gasteiger partial charge in [-0.2, -0.15) is 0 Å². The van der Waals surface area contributed by atoms with Gasteiger partial charge >= 0.3 is 0 Å². The molecule has 5 heteroatoms. The van der Waals surface area contributed by atoms with Crippen LogP contribution in [0.2, 0.25) is 0 Å². The lowest BCUT2D eigenvalue weighted by molar-refractivity contribution is 0.326. The van der Waals surface area contributed by atoms with Crippen molar-refractivity contribution in [2.45, 2.75) is 44.2 Å². The molecule has 26 heavy (non-hydrogen) atoms. The van der Waals surface area contributed by atoms with Gasteiger partial charge in [0, 0.05) is 17.2 Å². The van der Waals surface area contributed by atoms with Gasteiger partial charge in [-0.05, 0) is 31.0 Å². The third kappa shape index (κ3) is 3.68. The Morgan fingerprint density at radius 1 is 0.923 bits per heavy atom. The summed E-state index contributed by atoms with van der Waals surface area (Å²) >= 11 is 0. The lowest BCUT2D eigenvalue weighted by Crippen LogP contribution is -2.35. The van der Waals surface area contributed by atoms with E-state index in [1.165, 1.54) is 25.3 Å². The highest BCUT2D eigenvalue weighted by Crippen LogP contribution is 2.29. The highest BCUT2D eigenvalue weighted by atomic mass is 19.1. The smallest absolute Gasteiger partial charge is 0.247 e. The van der Waals surface area contributed by atoms with Crippen molar-refractivity contribution < 1.29 is 8.81 Å². The van der Waals surface area contributed by atoms with Crippen molar-refractivity contribution >= 4 is 0 Å². The Morgan fingerprint density at radius 2 is 1.65 bits per heavy atom. The summed E-state index contributed by atoms with van der Waals surface area (Å²) in [5, 5.41) is 12.0. The molecule has 0 amide bonds. The summed E-state index contributed by atoms with van der Waals surface area (Å²) < 4.78 is 20.4. The van der Waals surface area contributed by atoms with Crippen LogP contribution >= 0.6 is 0 Å². The molecule has 0 unspecified atom stereocenters. The predicted molar refractivity (Wildman–Crippen MR) is 98.0 cm³/mol. The molecule has 4 rings (SSSR count). The van der Waals surface area contributed by atoms with E-state index in [0.29, 0.717) is 23.4 Å². The van der Waals surface area contributed by atoms with Crippen LogP contribution in [0.15, 0.2) is 59.0 Å². The summed E-state index contributed by atoms with van der Waals surface area (Å²) in [5.41, 5.74) is 1.40. The zero-order chi connectivity index (χ0) is 17.8. The fourth-order valence-electron chi connectivity index (χ4n) is 3.56. The van der Waals surface area contributed by atoms with E-state index in [9.17, 15) is 4.39 Å². The number of rotatable bonds is 5. The van der Waals surface area contributed by atoms with Gasteiger partial charge < -0.3 is 4.42 Å². The first-order valence-corrected chi connectivity index (χ1v) is 9.20. The number of nitrogens with one attached hydrogen (secondary N) is 1. The molecule has 1 saturated carbocycles. The van der Waals surface area contributed by atoms with E-state index >= 15 is 0 Å². The molecule has 2 aromatic carbocycles. The normalized spacial score (nSPS) is 16.5. The molecule has 0 radical (unpaired) electrons. The van der Waals surface area contributed by atoms with Crippen molar-refractivity contribution in [1.29, 1.82) is 0 Å². The van der Waals surface area contributed by atoms with Crippen LogP contribution < -0.4 is 5.32 Å². The minimum Gasteiger partial charge on any atom is -0.419 e. The molecule has 0 bridgehead atoms. The van der Waals surface area contributed by atoms with Gasteiger partial charge in [-0.3, -0.25) is 5.32 Å². The van der Waals surface area contributed by atoms with Crippen molar-refractivity contribution in [3.05, 3.63) is 71.9 Å². The van der Waals surface area contributed by atoms with Gasteiger partial charge in [0.05, 0.1) is 0 Å². The fourth-order valence-corrected chi connectivity index (χ4v) is 3.56. The first kappa shape index (κ1) is 16.9. The Hall–Kier alpha value is -2.53. The lowest BCUT2D eigenvalue weighted by Gasteiger charge is -2.27. The maximum absolute atomic E-state index is 14.5. The molecule has 1 aromatic heterocycles. The van der Waals surface area contributed by atoms with Crippen LogP contribution in [0, 0.1) is 5.82 Å². The Labute approximate surface area is 152 Å². The monoisotopic (exact) mass is 351 g/mol. The van der Waals surface area contributed by atoms with E-state index in [0.717, 1.165) is 18.4 Å². The predicted octanol–water partition coefficient (Wildman–Crippen LogP) is 4.89. The van der Waals surface area contributed by atoms with Crippen LogP contribution in [0.5, 0.6) is 0 Å². The SMILES string of the molecule is Fc1ccccc1[C@H](NC1CCCCC1)c1nnc(-c2ccccc2)o1. The van der Waals surface area contributed by atoms with E-state index in [4.69, 9.17) is 4.42 Å². The topological polar surface area (TPSA) is 51.0 Å². The summed E-state index contributed by atoms with van der Waals surface area (Å²) in [6, 6.07) is 16.3. The molecule has 0 saturated heterocycles. The van der Waals surface area contributed by atoms with Gasteiger partial charge in [0.2, 0.25) is 11.8 Å². The average Bonchev–Trinajstić information content (AvgIpc) is 3.18. The lowest BCUT2D eigenvalue weighted by atomic mass is 9.94. The third-order valence-corrected chi connectivity index (χ3v) is 4.93. The van der Waals surface area contributed by atoms with E-state index in [1.807, 2.05) is 36.4 Å². The highest BCUT2D eigenvalue weighted by Gasteiger charge is 2.27. The quantitative estimate of drug-likeness (QED) is 0.711. The second-order valence-electron chi connectivity index (χ2n) is 6.77. The Bertz CT molecular complexity index is 843. The summed E-state index contributed by atoms with van der Waals surface area (Å²) in [6.07, 6.45) is 5.83. The second-order valence-corrected chi connectivity index (χ2v) is 6.77. The van der Waals surface area contributed by atoms with Crippen molar-refractivity contribution in [1.82, 2.24) is 15.5 Å². The van der Waals surface area contributed by atoms with E-state index in [2.05, 4.69) is 15.5 Å². The van der Waals surface area contributed by atoms with Crippen LogP contribution in [0.4, 0.5) is 4.39 Å². The van der Waals surface area contributed by atoms with Crippen molar-refractivity contribution in [2.75, 3.05) is 0 Å². The maximum atomic E-state index is 14.5. The fraction of sp³-hybridized carbons (Fsp3) is 0.333. The molecule has 4 nitrogen and oxygen atoms in total. The summed E-state index contributed by atoms with van der Waals surface area (Å²) in [7, 11) is 0. The van der Waals surface area contributed by atoms with E-state index < -0.39 is 6.04 Å². The molecule has 134 valence electrons. The molecule has 1 aliphatic carbocycles. The van der Waals surface area contributed by atoms with Crippen LogP contribution in [0.3, 0.4) is 0 Å². The number of aromatic nitrogens is 2. The van der Waals surface area contributed by atoms with Gasteiger partial charge in [0.15, 0.2) is 0 Å². The van der Waals surface area contributed by atoms with Crippen LogP contribution in [-0.4, -0.2) is 16.2 Å². The van der Waals surface area contributed by atoms with Crippen LogP contribution in [-0.2, 0) is 0 Å². The molecular formula is C21H22FN3O. The van der Waals surface area contributed by atoms with Crippen molar-refractivity contribution in [3.8, 4) is 11.5 Å². The van der Waals surface area contributed by atoms with Gasteiger partial charge in [0.1, 0.15) is 11.9 Å². The Morgan fingerprint density at radius 3 is 2.42 bits per heavy atom. The third-order valence-electron chi connectivity index (χ3n) is 4.93. The molecule has 0 spiro atoms. The molecule has 1 N–H and O–H groups in total. The average molecular weight is 351 g/mol. The minimum atomic E-state index is -0.440. The van der Waals surface area contributed by atoms with Gasteiger partial charge in [0.25, 0.3) is 0 Å². The van der Waals surface area contributed by atoms with Crippen molar-refractivity contribution in [2.24, 2.45) is 0 Å². The molecule has 3 aromatic rings. The number of nitrogens with zero attached hydrogens (tertiary/aromatic N) is 2. The highest BCUT2D eigenvalue weighted by molar-refractivity contribution is 5.51. The minimum absolute atomic E-state index is 0.264. The van der Waals surface area contributed by atoms with E-state index in [1.54, 1.807) is 12.1 Å². The summed E-state index contributed by atoms with van der Waals surface area (Å²) in [4.78, 5) is 0. The zero-order valence-corrected chi connectivity index (χ0v) is 14.6. The molecule has 1 aliphatic rings. The largest absolute Gasteiger partial charge is 0.419 e.